The van der Waals surface area contributed by atoms with Crippen molar-refractivity contribution in [2.45, 2.75) is 64.8 Å². The Balaban J connectivity index is 0.00000361. The van der Waals surface area contributed by atoms with Gasteiger partial charge in [0.25, 0.3) is 0 Å². The quantitative estimate of drug-likeness (QED) is 0.644. The molecule has 1 aliphatic rings. The molecule has 120 valence electrons. The van der Waals surface area contributed by atoms with Crippen LogP contribution < -0.4 is 11.1 Å². The molecule has 4 nitrogen and oxygen atoms in total. The number of hydrogen-bond donors (Lipinski definition) is 2. The number of ether oxygens (including phenoxy) is 1. The molecular weight excluding hydrogens is 276 g/mol. The lowest BCUT2D eigenvalue weighted by molar-refractivity contribution is -0.121. The zero-order chi connectivity index (χ0) is 14.1. The summed E-state index contributed by atoms with van der Waals surface area (Å²) in [5.41, 5.74) is 5.95. The van der Waals surface area contributed by atoms with Crippen molar-refractivity contribution in [2.75, 3.05) is 19.8 Å². The number of carbonyl (C=O) groups excluding carboxylic acids is 1. The molecule has 0 aliphatic heterocycles. The molecule has 1 saturated carbocycles. The first-order valence-corrected chi connectivity index (χ1v) is 7.68. The summed E-state index contributed by atoms with van der Waals surface area (Å²) < 4.78 is 5.48. The molecule has 1 unspecified atom stereocenters. The molecule has 0 bridgehead atoms. The van der Waals surface area contributed by atoms with Crippen LogP contribution in [0, 0.1) is 5.41 Å². The number of nitrogens with two attached hydrogens (primary N) is 1. The van der Waals surface area contributed by atoms with Crippen molar-refractivity contribution in [1.29, 1.82) is 0 Å². The highest BCUT2D eigenvalue weighted by Gasteiger charge is 2.33. The Kier molecular flexibility index (Phi) is 10.2. The predicted molar refractivity (Wildman–Crippen MR) is 85.2 cm³/mol. The number of carbonyl (C=O) groups is 1. The van der Waals surface area contributed by atoms with Crippen molar-refractivity contribution in [2.24, 2.45) is 11.1 Å². The Morgan fingerprint density at radius 3 is 2.60 bits per heavy atom. The van der Waals surface area contributed by atoms with Crippen molar-refractivity contribution < 1.29 is 9.53 Å². The van der Waals surface area contributed by atoms with Gasteiger partial charge in [-0.25, -0.2) is 0 Å². The molecule has 1 rings (SSSR count). The van der Waals surface area contributed by atoms with Crippen molar-refractivity contribution in [3.63, 3.8) is 0 Å². The topological polar surface area (TPSA) is 64.3 Å². The maximum atomic E-state index is 11.8. The number of nitrogens with one attached hydrogen (secondary N) is 1. The van der Waals surface area contributed by atoms with Crippen LogP contribution in [-0.2, 0) is 9.53 Å². The van der Waals surface area contributed by atoms with Gasteiger partial charge in [0, 0.05) is 32.2 Å². The first-order chi connectivity index (χ1) is 9.08. The summed E-state index contributed by atoms with van der Waals surface area (Å²) in [6.45, 7) is 6.35. The van der Waals surface area contributed by atoms with Gasteiger partial charge < -0.3 is 15.8 Å². The van der Waals surface area contributed by atoms with Gasteiger partial charge in [0.1, 0.15) is 0 Å². The smallest absolute Gasteiger partial charge is 0.220 e. The lowest BCUT2D eigenvalue weighted by Crippen LogP contribution is -2.37. The molecule has 1 atom stereocenters. The molecule has 20 heavy (non-hydrogen) atoms. The van der Waals surface area contributed by atoms with E-state index >= 15 is 0 Å². The summed E-state index contributed by atoms with van der Waals surface area (Å²) in [7, 11) is 0. The van der Waals surface area contributed by atoms with Crippen LogP contribution in [0.15, 0.2) is 0 Å². The Labute approximate surface area is 129 Å². The van der Waals surface area contributed by atoms with Crippen molar-refractivity contribution in [3.8, 4) is 0 Å². The normalized spacial score (nSPS) is 18.4. The second kappa shape index (κ2) is 10.4. The molecule has 0 saturated heterocycles. The summed E-state index contributed by atoms with van der Waals surface area (Å²) in [5.74, 6) is 0.139. The van der Waals surface area contributed by atoms with Gasteiger partial charge in [-0.1, -0.05) is 12.8 Å². The average molecular weight is 307 g/mol. The standard InChI is InChI=1S/C15H30N2O2.ClH/c1-3-19-11-10-15(8-4-5-9-15)12-17-14(18)7-6-13(2)16;/h13H,3-12,16H2,1-2H3,(H,17,18);1H. The van der Waals surface area contributed by atoms with Crippen LogP contribution in [-0.4, -0.2) is 31.7 Å². The van der Waals surface area contributed by atoms with Gasteiger partial charge in [0.15, 0.2) is 0 Å². The fourth-order valence-electron chi connectivity index (χ4n) is 2.81. The van der Waals surface area contributed by atoms with Gasteiger partial charge >= 0.3 is 0 Å². The first kappa shape index (κ1) is 19.7. The van der Waals surface area contributed by atoms with Gasteiger partial charge in [-0.15, -0.1) is 12.4 Å². The molecule has 1 fully saturated rings. The van der Waals surface area contributed by atoms with E-state index in [0.29, 0.717) is 6.42 Å². The van der Waals surface area contributed by atoms with Gasteiger partial charge in [-0.3, -0.25) is 4.79 Å². The highest BCUT2D eigenvalue weighted by atomic mass is 35.5. The van der Waals surface area contributed by atoms with E-state index in [-0.39, 0.29) is 29.8 Å². The lowest BCUT2D eigenvalue weighted by Gasteiger charge is -2.29. The number of halogens is 1. The fourth-order valence-corrected chi connectivity index (χ4v) is 2.81. The second-order valence-corrected chi connectivity index (χ2v) is 5.95. The Morgan fingerprint density at radius 2 is 2.05 bits per heavy atom. The molecule has 0 heterocycles. The van der Waals surface area contributed by atoms with Gasteiger partial charge in [-0.2, -0.15) is 0 Å². The van der Waals surface area contributed by atoms with E-state index in [1.807, 2.05) is 13.8 Å². The minimum atomic E-state index is 0. The molecule has 0 aromatic carbocycles. The van der Waals surface area contributed by atoms with E-state index in [2.05, 4.69) is 5.32 Å². The van der Waals surface area contributed by atoms with Crippen LogP contribution in [0.5, 0.6) is 0 Å². The van der Waals surface area contributed by atoms with Gasteiger partial charge in [0.2, 0.25) is 5.91 Å². The summed E-state index contributed by atoms with van der Waals surface area (Å²) in [4.78, 5) is 11.8. The summed E-state index contributed by atoms with van der Waals surface area (Å²) in [5, 5.41) is 3.10. The van der Waals surface area contributed by atoms with Crippen LogP contribution in [0.3, 0.4) is 0 Å². The largest absolute Gasteiger partial charge is 0.382 e. The molecule has 0 aromatic heterocycles. The minimum absolute atomic E-state index is 0. The number of hydrogen-bond acceptors (Lipinski definition) is 3. The highest BCUT2D eigenvalue weighted by Crippen LogP contribution is 2.40. The van der Waals surface area contributed by atoms with Gasteiger partial charge in [-0.05, 0) is 44.9 Å². The Hall–Kier alpha value is -0.320. The third-order valence-corrected chi connectivity index (χ3v) is 4.13. The molecule has 0 radical (unpaired) electrons. The molecule has 0 spiro atoms. The molecule has 1 aliphatic carbocycles. The summed E-state index contributed by atoms with van der Waals surface area (Å²) in [6, 6.07) is 0.101. The SMILES string of the molecule is CCOCCC1(CNC(=O)CCC(C)N)CCCC1.Cl. The molecule has 5 heteroatoms. The number of amides is 1. The molecule has 3 N–H and O–H groups in total. The van der Waals surface area contributed by atoms with Crippen LogP contribution in [0.4, 0.5) is 0 Å². The fraction of sp³-hybridized carbons (Fsp3) is 0.933. The van der Waals surface area contributed by atoms with Crippen molar-refractivity contribution >= 4 is 18.3 Å². The Bertz CT molecular complexity index is 267. The van der Waals surface area contributed by atoms with Crippen LogP contribution in [0.1, 0.15) is 58.8 Å². The maximum Gasteiger partial charge on any atom is 0.220 e. The summed E-state index contributed by atoms with van der Waals surface area (Å²) in [6.07, 6.45) is 7.36. The third-order valence-electron chi connectivity index (χ3n) is 4.13. The third kappa shape index (κ3) is 7.46. The zero-order valence-corrected chi connectivity index (χ0v) is 13.8. The van der Waals surface area contributed by atoms with Crippen LogP contribution in [0.2, 0.25) is 0 Å². The van der Waals surface area contributed by atoms with Crippen molar-refractivity contribution in [1.82, 2.24) is 5.32 Å². The van der Waals surface area contributed by atoms with E-state index in [1.54, 1.807) is 0 Å². The van der Waals surface area contributed by atoms with Crippen molar-refractivity contribution in [3.05, 3.63) is 0 Å². The highest BCUT2D eigenvalue weighted by molar-refractivity contribution is 5.85. The van der Waals surface area contributed by atoms with Crippen LogP contribution >= 0.6 is 12.4 Å². The number of rotatable bonds is 9. The lowest BCUT2D eigenvalue weighted by atomic mass is 9.83. The molecular formula is C15H31ClN2O2. The summed E-state index contributed by atoms with van der Waals surface area (Å²) >= 11 is 0. The minimum Gasteiger partial charge on any atom is -0.382 e. The molecule has 0 aromatic rings. The first-order valence-electron chi connectivity index (χ1n) is 7.68. The van der Waals surface area contributed by atoms with E-state index in [9.17, 15) is 4.79 Å². The monoisotopic (exact) mass is 306 g/mol. The zero-order valence-electron chi connectivity index (χ0n) is 13.0. The van der Waals surface area contributed by atoms with Gasteiger partial charge in [0.05, 0.1) is 0 Å². The average Bonchev–Trinajstić information content (AvgIpc) is 2.83. The second-order valence-electron chi connectivity index (χ2n) is 5.95. The molecule has 1 amide bonds. The Morgan fingerprint density at radius 1 is 1.40 bits per heavy atom. The van der Waals surface area contributed by atoms with E-state index in [4.69, 9.17) is 10.5 Å². The van der Waals surface area contributed by atoms with E-state index < -0.39 is 0 Å². The maximum absolute atomic E-state index is 11.8. The predicted octanol–water partition coefficient (Wildman–Crippen LogP) is 2.64. The van der Waals surface area contributed by atoms with E-state index in [1.165, 1.54) is 25.7 Å². The van der Waals surface area contributed by atoms with E-state index in [0.717, 1.165) is 32.6 Å². The van der Waals surface area contributed by atoms with Crippen LogP contribution in [0.25, 0.3) is 0 Å².